The normalized spacial score (nSPS) is 18.7. The first-order chi connectivity index (χ1) is 14.6. The van der Waals surface area contributed by atoms with Gasteiger partial charge >= 0.3 is 0 Å². The van der Waals surface area contributed by atoms with Crippen LogP contribution in [-0.2, 0) is 20.0 Å². The second kappa shape index (κ2) is 9.28. The molecule has 7 nitrogen and oxygen atoms in total. The molecule has 0 aromatic heterocycles. The molecule has 0 amide bonds. The lowest BCUT2D eigenvalue weighted by molar-refractivity contribution is 0.211. The molecule has 1 fully saturated rings. The van der Waals surface area contributed by atoms with Crippen LogP contribution in [-0.4, -0.2) is 57.0 Å². The standard InChI is InChI=1S/C21H26ClN3O4S2/c1-16(2)21-24(13-14-25(21)31(28,29)19-7-5-4-6-8-19)20(15-22)23-30(26,27)18-11-9-17(3)10-12-18/h4-12,16,21H,13-15H2,1-3H3/b23-20-. The largest absolute Gasteiger partial charge is 0.340 e. The highest BCUT2D eigenvalue weighted by Gasteiger charge is 2.43. The summed E-state index contributed by atoms with van der Waals surface area (Å²) in [5.41, 5.74) is 0.932. The summed E-state index contributed by atoms with van der Waals surface area (Å²) in [5.74, 6) is -0.156. The van der Waals surface area contributed by atoms with Gasteiger partial charge in [0.05, 0.1) is 21.8 Å². The van der Waals surface area contributed by atoms with E-state index in [2.05, 4.69) is 4.40 Å². The number of alkyl halides is 1. The maximum Gasteiger partial charge on any atom is 0.283 e. The number of sulfonamides is 2. The van der Waals surface area contributed by atoms with E-state index in [-0.39, 0.29) is 34.0 Å². The molecule has 1 heterocycles. The minimum Gasteiger partial charge on any atom is -0.340 e. The highest BCUT2D eigenvalue weighted by molar-refractivity contribution is 7.90. The van der Waals surface area contributed by atoms with Crippen LogP contribution in [0.2, 0.25) is 0 Å². The quantitative estimate of drug-likeness (QED) is 0.357. The van der Waals surface area contributed by atoms with Crippen molar-refractivity contribution in [1.29, 1.82) is 0 Å². The number of nitrogens with zero attached hydrogens (tertiary/aromatic N) is 3. The molecule has 0 N–H and O–H groups in total. The molecule has 10 heteroatoms. The van der Waals surface area contributed by atoms with E-state index >= 15 is 0 Å². The van der Waals surface area contributed by atoms with Crippen LogP contribution in [0.5, 0.6) is 0 Å². The molecule has 31 heavy (non-hydrogen) atoms. The molecular weight excluding hydrogens is 458 g/mol. The molecule has 1 aliphatic rings. The molecule has 1 unspecified atom stereocenters. The van der Waals surface area contributed by atoms with Gasteiger partial charge in [-0.25, -0.2) is 8.42 Å². The van der Waals surface area contributed by atoms with Crippen molar-refractivity contribution in [2.24, 2.45) is 10.3 Å². The van der Waals surface area contributed by atoms with Gasteiger partial charge < -0.3 is 4.90 Å². The molecule has 3 rings (SSSR count). The van der Waals surface area contributed by atoms with E-state index in [0.29, 0.717) is 6.54 Å². The van der Waals surface area contributed by atoms with Crippen molar-refractivity contribution in [1.82, 2.24) is 9.21 Å². The van der Waals surface area contributed by atoms with Gasteiger partial charge in [-0.1, -0.05) is 49.7 Å². The summed E-state index contributed by atoms with van der Waals surface area (Å²) in [6, 6.07) is 14.6. The zero-order valence-corrected chi connectivity index (χ0v) is 20.0. The maximum atomic E-state index is 13.3. The fourth-order valence-electron chi connectivity index (χ4n) is 3.65. The predicted octanol–water partition coefficient (Wildman–Crippen LogP) is 3.31. The lowest BCUT2D eigenvalue weighted by Crippen LogP contribution is -2.48. The van der Waals surface area contributed by atoms with Crippen LogP contribution in [0.3, 0.4) is 0 Å². The summed E-state index contributed by atoms with van der Waals surface area (Å²) in [6.07, 6.45) is -0.601. The molecule has 0 saturated carbocycles. The number of hydrogen-bond acceptors (Lipinski definition) is 4. The second-order valence-corrected chi connectivity index (χ2v) is 11.5. The van der Waals surface area contributed by atoms with Gasteiger partial charge in [-0.05, 0) is 37.1 Å². The number of benzene rings is 2. The van der Waals surface area contributed by atoms with Gasteiger partial charge in [-0.2, -0.15) is 12.7 Å². The molecule has 1 atom stereocenters. The molecular formula is C21H26ClN3O4S2. The van der Waals surface area contributed by atoms with Crippen LogP contribution in [0.25, 0.3) is 0 Å². The van der Waals surface area contributed by atoms with Crippen molar-refractivity contribution in [3.63, 3.8) is 0 Å². The molecule has 0 radical (unpaired) electrons. The Labute approximate surface area is 189 Å². The topological polar surface area (TPSA) is 87.1 Å². The predicted molar refractivity (Wildman–Crippen MR) is 122 cm³/mol. The van der Waals surface area contributed by atoms with Crippen LogP contribution >= 0.6 is 11.6 Å². The first-order valence-electron chi connectivity index (χ1n) is 9.88. The number of rotatable bonds is 6. The van der Waals surface area contributed by atoms with Crippen LogP contribution in [0.1, 0.15) is 19.4 Å². The van der Waals surface area contributed by atoms with Crippen molar-refractivity contribution < 1.29 is 16.8 Å². The zero-order valence-electron chi connectivity index (χ0n) is 17.6. The molecule has 168 valence electrons. The molecule has 1 aliphatic heterocycles. The maximum absolute atomic E-state index is 13.3. The fraction of sp³-hybridized carbons (Fsp3) is 0.381. The smallest absolute Gasteiger partial charge is 0.283 e. The molecule has 1 saturated heterocycles. The fourth-order valence-corrected chi connectivity index (χ4v) is 6.70. The lowest BCUT2D eigenvalue weighted by Gasteiger charge is -2.34. The zero-order chi connectivity index (χ0) is 22.8. The van der Waals surface area contributed by atoms with Gasteiger partial charge in [0.2, 0.25) is 10.0 Å². The van der Waals surface area contributed by atoms with Crippen LogP contribution < -0.4 is 0 Å². The third-order valence-electron chi connectivity index (χ3n) is 5.12. The summed E-state index contributed by atoms with van der Waals surface area (Å²) in [5, 5.41) is 0. The van der Waals surface area contributed by atoms with E-state index in [1.807, 2.05) is 20.8 Å². The van der Waals surface area contributed by atoms with Gasteiger partial charge in [-0.3, -0.25) is 0 Å². The Balaban J connectivity index is 1.99. The summed E-state index contributed by atoms with van der Waals surface area (Å²) >= 11 is 6.11. The third kappa shape index (κ3) is 4.95. The van der Waals surface area contributed by atoms with E-state index in [9.17, 15) is 16.8 Å². The highest BCUT2D eigenvalue weighted by atomic mass is 35.5. The van der Waals surface area contributed by atoms with Gasteiger partial charge in [0, 0.05) is 13.1 Å². The Morgan fingerprint density at radius 2 is 1.61 bits per heavy atom. The van der Waals surface area contributed by atoms with E-state index in [0.717, 1.165) is 5.56 Å². The Morgan fingerprint density at radius 1 is 1.00 bits per heavy atom. The van der Waals surface area contributed by atoms with Crippen LogP contribution in [0, 0.1) is 12.8 Å². The van der Waals surface area contributed by atoms with Crippen LogP contribution in [0.4, 0.5) is 0 Å². The summed E-state index contributed by atoms with van der Waals surface area (Å²) in [6.45, 7) is 6.14. The van der Waals surface area contributed by atoms with Gasteiger partial charge in [-0.15, -0.1) is 16.0 Å². The van der Waals surface area contributed by atoms with E-state index < -0.39 is 26.2 Å². The molecule has 0 bridgehead atoms. The second-order valence-electron chi connectivity index (χ2n) is 7.71. The lowest BCUT2D eigenvalue weighted by atomic mass is 10.1. The summed E-state index contributed by atoms with van der Waals surface area (Å²) in [7, 11) is -7.75. The minimum atomic E-state index is -3.99. The molecule has 2 aromatic carbocycles. The van der Waals surface area contributed by atoms with Crippen molar-refractivity contribution in [3.8, 4) is 0 Å². The molecule has 2 aromatic rings. The van der Waals surface area contributed by atoms with Crippen LogP contribution in [0.15, 0.2) is 68.8 Å². The summed E-state index contributed by atoms with van der Waals surface area (Å²) < 4.78 is 57.6. The Hall–Kier alpha value is -1.94. The Morgan fingerprint density at radius 3 is 2.16 bits per heavy atom. The average molecular weight is 484 g/mol. The number of aryl methyl sites for hydroxylation is 1. The van der Waals surface area contributed by atoms with Gasteiger partial charge in [0.25, 0.3) is 10.0 Å². The van der Waals surface area contributed by atoms with Gasteiger partial charge in [0.1, 0.15) is 5.84 Å². The van der Waals surface area contributed by atoms with Crippen molar-refractivity contribution >= 4 is 37.5 Å². The number of amidine groups is 1. The van der Waals surface area contributed by atoms with E-state index in [1.165, 1.54) is 16.4 Å². The first-order valence-corrected chi connectivity index (χ1v) is 13.3. The minimum absolute atomic E-state index is 0.0646. The molecule has 0 spiro atoms. The van der Waals surface area contributed by atoms with E-state index in [4.69, 9.17) is 11.6 Å². The third-order valence-corrected chi connectivity index (χ3v) is 8.56. The average Bonchev–Trinajstić information content (AvgIpc) is 3.19. The SMILES string of the molecule is Cc1ccc(S(=O)(=O)/N=C(/CCl)N2CCN(S(=O)(=O)c3ccccc3)C2C(C)C)cc1. The Bertz CT molecular complexity index is 1150. The van der Waals surface area contributed by atoms with Crippen molar-refractivity contribution in [2.75, 3.05) is 19.0 Å². The highest BCUT2D eigenvalue weighted by Crippen LogP contribution is 2.29. The molecule has 0 aliphatic carbocycles. The van der Waals surface area contributed by atoms with E-state index in [1.54, 1.807) is 47.4 Å². The number of halogens is 1. The van der Waals surface area contributed by atoms with Gasteiger partial charge in [0.15, 0.2) is 0 Å². The van der Waals surface area contributed by atoms with Crippen molar-refractivity contribution in [3.05, 3.63) is 60.2 Å². The monoisotopic (exact) mass is 483 g/mol. The first kappa shape index (κ1) is 23.7. The number of hydrogen-bond donors (Lipinski definition) is 0. The Kier molecular flexibility index (Phi) is 7.10. The van der Waals surface area contributed by atoms with Crippen molar-refractivity contribution in [2.45, 2.75) is 36.7 Å². The summed E-state index contributed by atoms with van der Waals surface area (Å²) in [4.78, 5) is 1.94.